The molecular weight excluding hydrogens is 316 g/mol. The number of morpholine rings is 1. The van der Waals surface area contributed by atoms with Crippen LogP contribution in [0, 0.1) is 0 Å². The molecule has 6 nitrogen and oxygen atoms in total. The second-order valence-electron chi connectivity index (χ2n) is 6.37. The van der Waals surface area contributed by atoms with Gasteiger partial charge < -0.3 is 20.3 Å². The zero-order valence-corrected chi connectivity index (χ0v) is 14.6. The normalized spacial score (nSPS) is 20.2. The number of nitrogens with one attached hydrogen (secondary N) is 2. The van der Waals surface area contributed by atoms with E-state index in [0.717, 1.165) is 30.0 Å². The first-order chi connectivity index (χ1) is 12.1. The van der Waals surface area contributed by atoms with Crippen molar-refractivity contribution in [2.75, 3.05) is 23.3 Å². The average Bonchev–Trinajstić information content (AvgIpc) is 2.61. The Morgan fingerprint density at radius 1 is 1.12 bits per heavy atom. The number of hydrogen-bond acceptors (Lipinski definition) is 4. The monoisotopic (exact) mass is 340 g/mol. The smallest absolute Gasteiger partial charge is 0.319 e. The molecule has 1 aliphatic heterocycles. The van der Waals surface area contributed by atoms with Crippen molar-refractivity contribution >= 4 is 17.4 Å². The van der Waals surface area contributed by atoms with Crippen molar-refractivity contribution in [2.45, 2.75) is 32.6 Å². The molecular formula is C19H24N4O2. The van der Waals surface area contributed by atoms with Gasteiger partial charge in [-0.05, 0) is 55.8 Å². The lowest BCUT2D eigenvalue weighted by Crippen LogP contribution is -2.45. The summed E-state index contributed by atoms with van der Waals surface area (Å²) in [7, 11) is 0. The maximum atomic E-state index is 12.0. The highest BCUT2D eigenvalue weighted by molar-refractivity contribution is 5.89. The first kappa shape index (κ1) is 17.2. The van der Waals surface area contributed by atoms with E-state index in [-0.39, 0.29) is 18.2 Å². The number of amides is 2. The number of hydrogen-bond donors (Lipinski definition) is 2. The third-order valence-electron chi connectivity index (χ3n) is 4.11. The second kappa shape index (κ2) is 7.98. The third-order valence-corrected chi connectivity index (χ3v) is 4.11. The summed E-state index contributed by atoms with van der Waals surface area (Å²) < 4.78 is 5.77. The predicted octanol–water partition coefficient (Wildman–Crippen LogP) is 3.02. The average molecular weight is 340 g/mol. The number of urea groups is 1. The van der Waals surface area contributed by atoms with E-state index in [1.54, 1.807) is 12.4 Å². The zero-order valence-electron chi connectivity index (χ0n) is 14.6. The maximum Gasteiger partial charge on any atom is 0.319 e. The van der Waals surface area contributed by atoms with E-state index in [0.29, 0.717) is 6.54 Å². The Kier molecular flexibility index (Phi) is 5.50. The maximum absolute atomic E-state index is 12.0. The van der Waals surface area contributed by atoms with E-state index in [2.05, 4.69) is 34.4 Å². The highest BCUT2D eigenvalue weighted by Gasteiger charge is 2.22. The van der Waals surface area contributed by atoms with Gasteiger partial charge in [0, 0.05) is 43.4 Å². The first-order valence-corrected chi connectivity index (χ1v) is 8.54. The van der Waals surface area contributed by atoms with Crippen LogP contribution >= 0.6 is 0 Å². The van der Waals surface area contributed by atoms with Crippen LogP contribution in [0.5, 0.6) is 0 Å². The molecule has 1 saturated heterocycles. The number of aromatic nitrogens is 1. The summed E-state index contributed by atoms with van der Waals surface area (Å²) in [6, 6.07) is 11.4. The van der Waals surface area contributed by atoms with Crippen LogP contribution in [0.4, 0.5) is 16.2 Å². The molecule has 2 heterocycles. The molecule has 0 radical (unpaired) electrons. The van der Waals surface area contributed by atoms with E-state index in [1.807, 2.05) is 36.4 Å². The molecule has 0 unspecified atom stereocenters. The lowest BCUT2D eigenvalue weighted by Gasteiger charge is -2.36. The number of carbonyl (C=O) groups is 1. The van der Waals surface area contributed by atoms with Gasteiger partial charge in [0.25, 0.3) is 0 Å². The Hall–Kier alpha value is -2.60. The Labute approximate surface area is 148 Å². The molecule has 132 valence electrons. The van der Waals surface area contributed by atoms with Gasteiger partial charge in [-0.15, -0.1) is 0 Å². The summed E-state index contributed by atoms with van der Waals surface area (Å²) in [4.78, 5) is 18.3. The van der Waals surface area contributed by atoms with Crippen molar-refractivity contribution in [1.82, 2.24) is 10.3 Å². The van der Waals surface area contributed by atoms with E-state index in [1.165, 1.54) is 0 Å². The van der Waals surface area contributed by atoms with Gasteiger partial charge >= 0.3 is 6.03 Å². The third kappa shape index (κ3) is 4.93. The van der Waals surface area contributed by atoms with Crippen molar-refractivity contribution < 1.29 is 9.53 Å². The quantitative estimate of drug-likeness (QED) is 0.898. The van der Waals surface area contributed by atoms with Crippen LogP contribution in [0.1, 0.15) is 19.4 Å². The Morgan fingerprint density at radius 3 is 2.40 bits per heavy atom. The molecule has 2 aromatic rings. The van der Waals surface area contributed by atoms with Crippen molar-refractivity contribution in [3.63, 3.8) is 0 Å². The van der Waals surface area contributed by atoms with Crippen LogP contribution in [0.3, 0.4) is 0 Å². The first-order valence-electron chi connectivity index (χ1n) is 8.54. The van der Waals surface area contributed by atoms with E-state index >= 15 is 0 Å². The highest BCUT2D eigenvalue weighted by Crippen LogP contribution is 2.22. The van der Waals surface area contributed by atoms with Crippen molar-refractivity contribution in [3.8, 4) is 0 Å². The molecule has 0 spiro atoms. The lowest BCUT2D eigenvalue weighted by atomic mass is 10.2. The standard InChI is InChI=1S/C19H24N4O2/c1-14-12-23(13-15(2)25-14)18-5-3-17(4-6-18)22-19(24)21-11-16-7-9-20-10-8-16/h3-10,14-15H,11-13H2,1-2H3,(H2,21,22,24)/t14-,15-/m1/s1. The molecule has 6 heteroatoms. The summed E-state index contributed by atoms with van der Waals surface area (Å²) in [5.74, 6) is 0. The minimum Gasteiger partial charge on any atom is -0.372 e. The summed E-state index contributed by atoms with van der Waals surface area (Å²) in [5, 5.41) is 5.68. The lowest BCUT2D eigenvalue weighted by molar-refractivity contribution is -0.00521. The number of carbonyl (C=O) groups excluding carboxylic acids is 1. The van der Waals surface area contributed by atoms with Gasteiger partial charge in [-0.2, -0.15) is 0 Å². The number of anilines is 2. The van der Waals surface area contributed by atoms with E-state index in [9.17, 15) is 4.79 Å². The molecule has 2 amide bonds. The summed E-state index contributed by atoms with van der Waals surface area (Å²) >= 11 is 0. The van der Waals surface area contributed by atoms with Gasteiger partial charge in [-0.25, -0.2) is 4.79 Å². The summed E-state index contributed by atoms with van der Waals surface area (Å²) in [5.41, 5.74) is 2.92. The highest BCUT2D eigenvalue weighted by atomic mass is 16.5. The van der Waals surface area contributed by atoms with Crippen molar-refractivity contribution in [1.29, 1.82) is 0 Å². The largest absolute Gasteiger partial charge is 0.372 e. The second-order valence-corrected chi connectivity index (χ2v) is 6.37. The predicted molar refractivity (Wildman–Crippen MR) is 98.8 cm³/mol. The molecule has 1 aliphatic rings. The molecule has 1 fully saturated rings. The van der Waals surface area contributed by atoms with Gasteiger partial charge in [0.15, 0.2) is 0 Å². The van der Waals surface area contributed by atoms with Crippen LogP contribution in [0.2, 0.25) is 0 Å². The van der Waals surface area contributed by atoms with Gasteiger partial charge in [0.1, 0.15) is 0 Å². The molecule has 25 heavy (non-hydrogen) atoms. The molecule has 0 aliphatic carbocycles. The number of rotatable bonds is 4. The Balaban J connectivity index is 1.52. The molecule has 2 N–H and O–H groups in total. The van der Waals surface area contributed by atoms with E-state index in [4.69, 9.17) is 4.74 Å². The molecule has 1 aromatic heterocycles. The minimum absolute atomic E-state index is 0.223. The topological polar surface area (TPSA) is 66.5 Å². The fourth-order valence-corrected chi connectivity index (χ4v) is 3.00. The number of benzene rings is 1. The Morgan fingerprint density at radius 2 is 1.76 bits per heavy atom. The van der Waals surface area contributed by atoms with Crippen LogP contribution in [0.25, 0.3) is 0 Å². The molecule has 0 saturated carbocycles. The minimum atomic E-state index is -0.224. The van der Waals surface area contributed by atoms with E-state index < -0.39 is 0 Å². The number of nitrogens with zero attached hydrogens (tertiary/aromatic N) is 2. The van der Waals surface area contributed by atoms with Gasteiger partial charge in [0.05, 0.1) is 12.2 Å². The van der Waals surface area contributed by atoms with Crippen LogP contribution < -0.4 is 15.5 Å². The van der Waals surface area contributed by atoms with Crippen molar-refractivity contribution in [3.05, 3.63) is 54.4 Å². The number of ether oxygens (including phenoxy) is 1. The van der Waals surface area contributed by atoms with Crippen LogP contribution in [-0.2, 0) is 11.3 Å². The van der Waals surface area contributed by atoms with Gasteiger partial charge in [0.2, 0.25) is 0 Å². The zero-order chi connectivity index (χ0) is 17.6. The van der Waals surface area contributed by atoms with Crippen LogP contribution in [-0.4, -0.2) is 36.3 Å². The van der Waals surface area contributed by atoms with Crippen LogP contribution in [0.15, 0.2) is 48.8 Å². The number of pyridine rings is 1. The summed E-state index contributed by atoms with van der Waals surface area (Å²) in [6.45, 7) is 6.40. The SMILES string of the molecule is C[C@@H]1CN(c2ccc(NC(=O)NCc3ccncc3)cc2)C[C@@H](C)O1. The molecule has 3 rings (SSSR count). The molecule has 2 atom stereocenters. The fourth-order valence-electron chi connectivity index (χ4n) is 3.00. The fraction of sp³-hybridized carbons (Fsp3) is 0.368. The van der Waals surface area contributed by atoms with Gasteiger partial charge in [-0.3, -0.25) is 4.98 Å². The Bertz CT molecular complexity index is 680. The molecule has 0 bridgehead atoms. The van der Waals surface area contributed by atoms with Gasteiger partial charge in [-0.1, -0.05) is 0 Å². The van der Waals surface area contributed by atoms with Crippen molar-refractivity contribution in [2.24, 2.45) is 0 Å². The summed E-state index contributed by atoms with van der Waals surface area (Å²) in [6.07, 6.45) is 3.86. The molecule has 1 aromatic carbocycles.